The lowest BCUT2D eigenvalue weighted by atomic mass is 9.86. The Bertz CT molecular complexity index is 978. The van der Waals surface area contributed by atoms with E-state index in [4.69, 9.17) is 4.74 Å². The molecule has 6 nitrogen and oxygen atoms in total. The summed E-state index contributed by atoms with van der Waals surface area (Å²) in [7, 11) is 1.74. The van der Waals surface area contributed by atoms with Gasteiger partial charge < -0.3 is 20.7 Å². The van der Waals surface area contributed by atoms with Gasteiger partial charge in [0.1, 0.15) is 17.2 Å². The van der Waals surface area contributed by atoms with Gasteiger partial charge in [0.15, 0.2) is 5.96 Å². The zero-order chi connectivity index (χ0) is 22.4. The first-order valence-corrected chi connectivity index (χ1v) is 11.3. The molecule has 0 aromatic heterocycles. The average Bonchev–Trinajstić information content (AvgIpc) is 3.23. The van der Waals surface area contributed by atoms with Gasteiger partial charge in [0, 0.05) is 32.1 Å². The number of benzene rings is 2. The number of carbonyl (C=O) groups is 1. The largest absolute Gasteiger partial charge is 0.487 e. The predicted octanol–water partition coefficient (Wildman–Crippen LogP) is 4.10. The lowest BCUT2D eigenvalue weighted by Crippen LogP contribution is -2.47. The third-order valence-corrected chi connectivity index (χ3v) is 6.24. The lowest BCUT2D eigenvalue weighted by Gasteiger charge is -2.40. The number of para-hydroxylation sites is 1. The van der Waals surface area contributed by atoms with Crippen LogP contribution in [-0.4, -0.2) is 37.6 Å². The number of nitrogens with one attached hydrogen (secondary N) is 3. The second kappa shape index (κ2) is 11.7. The van der Waals surface area contributed by atoms with Crippen LogP contribution in [-0.2, 0) is 11.2 Å². The molecule has 2 aromatic carbocycles. The van der Waals surface area contributed by atoms with Gasteiger partial charge in [-0.15, -0.1) is 24.0 Å². The van der Waals surface area contributed by atoms with Gasteiger partial charge >= 0.3 is 0 Å². The molecule has 8 heteroatoms. The highest BCUT2D eigenvalue weighted by atomic mass is 127. The van der Waals surface area contributed by atoms with Crippen LogP contribution in [0.4, 0.5) is 4.39 Å². The minimum Gasteiger partial charge on any atom is -0.487 e. The van der Waals surface area contributed by atoms with E-state index < -0.39 is 0 Å². The molecule has 1 aliphatic carbocycles. The maximum atomic E-state index is 13.3. The summed E-state index contributed by atoms with van der Waals surface area (Å²) in [5.41, 5.74) is 1.72. The Balaban J connectivity index is 0.00000306. The van der Waals surface area contributed by atoms with E-state index >= 15 is 0 Å². The van der Waals surface area contributed by atoms with E-state index in [1.54, 1.807) is 19.2 Å². The van der Waals surface area contributed by atoms with Crippen LogP contribution in [0.2, 0.25) is 0 Å². The number of carbonyl (C=O) groups excluding carboxylic acids is 1. The maximum Gasteiger partial charge on any atom is 0.224 e. The summed E-state index contributed by atoms with van der Waals surface area (Å²) >= 11 is 0. The monoisotopic (exact) mass is 566 g/mol. The summed E-state index contributed by atoms with van der Waals surface area (Å²) in [6.07, 6.45) is 5.65. The Morgan fingerprint density at radius 1 is 1.12 bits per heavy atom. The van der Waals surface area contributed by atoms with E-state index in [9.17, 15) is 9.18 Å². The van der Waals surface area contributed by atoms with E-state index in [2.05, 4.69) is 27.0 Å². The molecule has 0 radical (unpaired) electrons. The number of hydrogen-bond acceptors (Lipinski definition) is 3. The van der Waals surface area contributed by atoms with Crippen LogP contribution in [0, 0.1) is 5.82 Å². The topological polar surface area (TPSA) is 74.8 Å². The molecule has 1 spiro atoms. The summed E-state index contributed by atoms with van der Waals surface area (Å²) in [5.74, 6) is 1.18. The van der Waals surface area contributed by atoms with Crippen LogP contribution in [0.25, 0.3) is 0 Å². The molecule has 2 aromatic rings. The highest BCUT2D eigenvalue weighted by Gasteiger charge is 2.43. The minimum absolute atomic E-state index is 0. The van der Waals surface area contributed by atoms with Gasteiger partial charge in [-0.2, -0.15) is 0 Å². The highest BCUT2D eigenvalue weighted by molar-refractivity contribution is 14.0. The zero-order valence-electron chi connectivity index (χ0n) is 18.9. The third kappa shape index (κ3) is 6.59. The summed E-state index contributed by atoms with van der Waals surface area (Å²) in [6.45, 7) is 0.980. The molecular weight excluding hydrogens is 534 g/mol. The number of aliphatic imine (C=N–C) groups is 1. The number of hydrogen-bond donors (Lipinski definition) is 3. The Morgan fingerprint density at radius 3 is 2.64 bits per heavy atom. The van der Waals surface area contributed by atoms with Gasteiger partial charge in [-0.1, -0.05) is 30.3 Å². The van der Waals surface area contributed by atoms with Crippen molar-refractivity contribution < 1.29 is 13.9 Å². The first kappa shape index (κ1) is 25.3. The Hall–Kier alpha value is -2.36. The number of amides is 1. The van der Waals surface area contributed by atoms with Gasteiger partial charge in [-0.3, -0.25) is 9.79 Å². The van der Waals surface area contributed by atoms with Crippen molar-refractivity contribution in [3.63, 3.8) is 0 Å². The molecule has 1 fully saturated rings. The summed E-state index contributed by atoms with van der Waals surface area (Å²) in [5, 5.41) is 9.69. The number of guanidine groups is 1. The van der Waals surface area contributed by atoms with E-state index in [0.717, 1.165) is 30.6 Å². The zero-order valence-corrected chi connectivity index (χ0v) is 21.2. The van der Waals surface area contributed by atoms with Gasteiger partial charge in [-0.05, 0) is 49.4 Å². The van der Waals surface area contributed by atoms with Gasteiger partial charge in [0.2, 0.25) is 5.91 Å². The molecule has 0 bridgehead atoms. The highest BCUT2D eigenvalue weighted by Crippen LogP contribution is 2.46. The van der Waals surface area contributed by atoms with Crippen molar-refractivity contribution in [2.45, 2.75) is 50.2 Å². The number of rotatable bonds is 6. The van der Waals surface area contributed by atoms with E-state index in [0.29, 0.717) is 24.6 Å². The first-order valence-electron chi connectivity index (χ1n) is 11.3. The average molecular weight is 566 g/mol. The first-order chi connectivity index (χ1) is 15.6. The number of halogens is 2. The number of nitrogens with zero attached hydrogens (tertiary/aromatic N) is 1. The normalized spacial score (nSPS) is 18.6. The van der Waals surface area contributed by atoms with Crippen LogP contribution in [0.5, 0.6) is 5.75 Å². The Morgan fingerprint density at radius 2 is 1.88 bits per heavy atom. The summed E-state index contributed by atoms with van der Waals surface area (Å²) < 4.78 is 19.7. The molecule has 1 saturated carbocycles. The van der Waals surface area contributed by atoms with E-state index in [1.165, 1.54) is 25.0 Å². The fourth-order valence-corrected chi connectivity index (χ4v) is 4.71. The molecular formula is C25H32FIN4O2. The fraction of sp³-hybridized carbons (Fsp3) is 0.440. The molecule has 1 amide bonds. The maximum absolute atomic E-state index is 13.3. The molecule has 1 atom stereocenters. The van der Waals surface area contributed by atoms with Crippen LogP contribution >= 0.6 is 24.0 Å². The third-order valence-electron chi connectivity index (χ3n) is 6.24. The van der Waals surface area contributed by atoms with Crippen LogP contribution in [0.3, 0.4) is 0 Å². The van der Waals surface area contributed by atoms with E-state index in [1.807, 2.05) is 18.2 Å². The Labute approximate surface area is 211 Å². The molecule has 2 aliphatic rings. The van der Waals surface area contributed by atoms with Gasteiger partial charge in [0.25, 0.3) is 0 Å². The molecule has 1 unspecified atom stereocenters. The number of ether oxygens (including phenoxy) is 1. The molecule has 1 heterocycles. The predicted molar refractivity (Wildman–Crippen MR) is 139 cm³/mol. The Kier molecular flexibility index (Phi) is 8.94. The quantitative estimate of drug-likeness (QED) is 0.213. The van der Waals surface area contributed by atoms with Crippen molar-refractivity contribution in [3.8, 4) is 5.75 Å². The van der Waals surface area contributed by atoms with Crippen molar-refractivity contribution in [1.29, 1.82) is 0 Å². The minimum atomic E-state index is -0.332. The standard InChI is InChI=1S/C25H31FN4O2.HI/c1-27-24(29-14-13-28-23(31)16-18-7-6-8-19(26)15-18)30-21-17-25(11-4-5-12-25)32-22-10-3-2-9-20(21)22;/h2-3,6-10,15,21H,4-5,11-14,16-17H2,1H3,(H,28,31)(H2,27,29,30);1H. The van der Waals surface area contributed by atoms with Crippen LogP contribution < -0.4 is 20.7 Å². The lowest BCUT2D eigenvalue weighted by molar-refractivity contribution is -0.120. The van der Waals surface area contributed by atoms with Crippen LogP contribution in [0.15, 0.2) is 53.5 Å². The second-order valence-corrected chi connectivity index (χ2v) is 8.59. The summed E-state index contributed by atoms with van der Waals surface area (Å²) in [6, 6.07) is 14.4. The van der Waals surface area contributed by atoms with Gasteiger partial charge in [0.05, 0.1) is 12.5 Å². The van der Waals surface area contributed by atoms with Crippen molar-refractivity contribution in [1.82, 2.24) is 16.0 Å². The van der Waals surface area contributed by atoms with Crippen molar-refractivity contribution >= 4 is 35.8 Å². The molecule has 4 rings (SSSR count). The summed E-state index contributed by atoms with van der Waals surface area (Å²) in [4.78, 5) is 16.5. The number of fused-ring (bicyclic) bond motifs is 1. The molecule has 178 valence electrons. The van der Waals surface area contributed by atoms with Crippen LogP contribution in [0.1, 0.15) is 49.3 Å². The molecule has 0 saturated heterocycles. The fourth-order valence-electron chi connectivity index (χ4n) is 4.71. The molecule has 3 N–H and O–H groups in total. The van der Waals surface area contributed by atoms with Crippen molar-refractivity contribution in [3.05, 3.63) is 65.5 Å². The molecule has 33 heavy (non-hydrogen) atoms. The molecule has 1 aliphatic heterocycles. The van der Waals surface area contributed by atoms with Crippen molar-refractivity contribution in [2.24, 2.45) is 4.99 Å². The van der Waals surface area contributed by atoms with Crippen molar-refractivity contribution in [2.75, 3.05) is 20.1 Å². The second-order valence-electron chi connectivity index (χ2n) is 8.59. The van der Waals surface area contributed by atoms with E-state index in [-0.39, 0.29) is 53.8 Å². The van der Waals surface area contributed by atoms with Gasteiger partial charge in [-0.25, -0.2) is 4.39 Å². The SMILES string of the molecule is CN=C(NCCNC(=O)Cc1cccc(F)c1)NC1CC2(CCCC2)Oc2ccccc21.I. The smallest absolute Gasteiger partial charge is 0.224 e.